The van der Waals surface area contributed by atoms with E-state index in [1.54, 1.807) is 0 Å². The van der Waals surface area contributed by atoms with Crippen LogP contribution < -0.4 is 5.32 Å². The number of hydrogen-bond acceptors (Lipinski definition) is 3. The van der Waals surface area contributed by atoms with Crippen LogP contribution in [-0.2, 0) is 14.8 Å². The van der Waals surface area contributed by atoms with Crippen LogP contribution in [0.15, 0.2) is 36.4 Å². The summed E-state index contributed by atoms with van der Waals surface area (Å²) in [6.07, 6.45) is 7.22. The molecule has 0 aliphatic carbocycles. The van der Waals surface area contributed by atoms with Gasteiger partial charge in [-0.2, -0.15) is 4.31 Å². The first-order chi connectivity index (χ1) is 10.5. The van der Waals surface area contributed by atoms with Gasteiger partial charge in [0.2, 0.25) is 15.9 Å². The van der Waals surface area contributed by atoms with Crippen LogP contribution in [0.4, 0.5) is 0 Å². The lowest BCUT2D eigenvalue weighted by Gasteiger charge is -2.32. The van der Waals surface area contributed by atoms with Crippen LogP contribution in [0.25, 0.3) is 6.08 Å². The van der Waals surface area contributed by atoms with Crippen molar-refractivity contribution in [3.05, 3.63) is 42.0 Å². The minimum absolute atomic E-state index is 0.220. The lowest BCUT2D eigenvalue weighted by atomic mass is 10.0. The van der Waals surface area contributed by atoms with Gasteiger partial charge in [0.05, 0.1) is 6.26 Å². The molecular formula is C16H22N2O3S. The van der Waals surface area contributed by atoms with E-state index in [9.17, 15) is 13.2 Å². The third kappa shape index (κ3) is 4.68. The van der Waals surface area contributed by atoms with Gasteiger partial charge in [-0.15, -0.1) is 0 Å². The van der Waals surface area contributed by atoms with Crippen LogP contribution in [-0.4, -0.2) is 44.0 Å². The molecule has 1 saturated heterocycles. The van der Waals surface area contributed by atoms with E-state index in [1.807, 2.05) is 42.5 Å². The third-order valence-electron chi connectivity index (χ3n) is 3.69. The second-order valence-corrected chi connectivity index (χ2v) is 7.38. The number of sulfonamides is 1. The minimum atomic E-state index is -3.34. The molecule has 0 saturated carbocycles. The van der Waals surface area contributed by atoms with E-state index in [4.69, 9.17) is 0 Å². The van der Waals surface area contributed by atoms with Crippen LogP contribution >= 0.6 is 0 Å². The van der Waals surface area contributed by atoms with Crippen LogP contribution in [0.1, 0.15) is 24.8 Å². The van der Waals surface area contributed by atoms with E-state index in [2.05, 4.69) is 5.32 Å². The number of nitrogens with zero attached hydrogens (tertiary/aromatic N) is 1. The summed E-state index contributed by atoms with van der Waals surface area (Å²) in [6, 6.07) is 9.22. The molecule has 120 valence electrons. The molecule has 0 radical (unpaired) electrons. The van der Waals surface area contributed by atoms with Gasteiger partial charge in [0, 0.05) is 13.1 Å². The first-order valence-corrected chi connectivity index (χ1v) is 9.29. The Morgan fingerprint density at radius 2 is 2.05 bits per heavy atom. The zero-order valence-electron chi connectivity index (χ0n) is 12.7. The Kier molecular flexibility index (Phi) is 5.74. The van der Waals surface area contributed by atoms with Gasteiger partial charge >= 0.3 is 0 Å². The van der Waals surface area contributed by atoms with Crippen molar-refractivity contribution in [1.82, 2.24) is 9.62 Å². The van der Waals surface area contributed by atoms with Gasteiger partial charge in [-0.1, -0.05) is 48.9 Å². The monoisotopic (exact) mass is 322 g/mol. The third-order valence-corrected chi connectivity index (χ3v) is 4.98. The molecule has 1 aliphatic heterocycles. The van der Waals surface area contributed by atoms with Crippen molar-refractivity contribution in [2.45, 2.75) is 25.3 Å². The lowest BCUT2D eigenvalue weighted by molar-refractivity contribution is -0.125. The van der Waals surface area contributed by atoms with E-state index in [0.717, 1.165) is 24.7 Å². The zero-order valence-corrected chi connectivity index (χ0v) is 13.6. The van der Waals surface area contributed by atoms with Gasteiger partial charge < -0.3 is 5.32 Å². The Labute approximate surface area is 132 Å². The van der Waals surface area contributed by atoms with Crippen molar-refractivity contribution in [1.29, 1.82) is 0 Å². The van der Waals surface area contributed by atoms with Gasteiger partial charge in [0.1, 0.15) is 6.04 Å². The summed E-state index contributed by atoms with van der Waals surface area (Å²) in [4.78, 5) is 12.2. The molecule has 1 atom stereocenters. The van der Waals surface area contributed by atoms with Gasteiger partial charge in [0.25, 0.3) is 0 Å². The molecule has 1 unspecified atom stereocenters. The Morgan fingerprint density at radius 3 is 2.73 bits per heavy atom. The maximum Gasteiger partial charge on any atom is 0.238 e. The van der Waals surface area contributed by atoms with Crippen molar-refractivity contribution in [2.24, 2.45) is 0 Å². The summed E-state index contributed by atoms with van der Waals surface area (Å²) < 4.78 is 24.8. The summed E-state index contributed by atoms with van der Waals surface area (Å²) in [6.45, 7) is 0.818. The molecule has 2 rings (SSSR count). The Bertz CT molecular complexity index is 626. The highest BCUT2D eigenvalue weighted by Gasteiger charge is 2.33. The molecule has 6 heteroatoms. The maximum atomic E-state index is 12.2. The molecular weight excluding hydrogens is 300 g/mol. The summed E-state index contributed by atoms with van der Waals surface area (Å²) in [5.41, 5.74) is 1.06. The number of benzene rings is 1. The van der Waals surface area contributed by atoms with Crippen molar-refractivity contribution >= 4 is 22.0 Å². The molecule has 1 N–H and O–H groups in total. The minimum Gasteiger partial charge on any atom is -0.351 e. The normalized spacial score (nSPS) is 20.1. The van der Waals surface area contributed by atoms with Gasteiger partial charge in [-0.05, 0) is 18.4 Å². The zero-order chi connectivity index (χ0) is 16.0. The van der Waals surface area contributed by atoms with Crippen LogP contribution in [0, 0.1) is 0 Å². The van der Waals surface area contributed by atoms with Crippen LogP contribution in [0.5, 0.6) is 0 Å². The second-order valence-electron chi connectivity index (χ2n) is 5.44. The molecule has 0 bridgehead atoms. The van der Waals surface area contributed by atoms with E-state index in [1.165, 1.54) is 4.31 Å². The summed E-state index contributed by atoms with van der Waals surface area (Å²) in [5.74, 6) is -0.220. The predicted octanol–water partition coefficient (Wildman–Crippen LogP) is 1.63. The number of rotatable bonds is 5. The number of nitrogens with one attached hydrogen (secondary N) is 1. The number of piperidine rings is 1. The van der Waals surface area contributed by atoms with E-state index in [0.29, 0.717) is 19.5 Å². The van der Waals surface area contributed by atoms with E-state index in [-0.39, 0.29) is 5.91 Å². The first kappa shape index (κ1) is 16.7. The molecule has 1 aliphatic rings. The number of hydrogen-bond donors (Lipinski definition) is 1. The number of carbonyl (C=O) groups excluding carboxylic acids is 1. The highest BCUT2D eigenvalue weighted by Crippen LogP contribution is 2.19. The number of amides is 1. The fourth-order valence-corrected chi connectivity index (χ4v) is 3.72. The van der Waals surface area contributed by atoms with Crippen LogP contribution in [0.2, 0.25) is 0 Å². The molecule has 5 nitrogen and oxygen atoms in total. The Hall–Kier alpha value is -1.66. The van der Waals surface area contributed by atoms with Crippen molar-refractivity contribution < 1.29 is 13.2 Å². The lowest BCUT2D eigenvalue weighted by Crippen LogP contribution is -2.51. The Balaban J connectivity index is 1.89. The maximum absolute atomic E-state index is 12.2. The Morgan fingerprint density at radius 1 is 1.32 bits per heavy atom. The predicted molar refractivity (Wildman–Crippen MR) is 87.7 cm³/mol. The van der Waals surface area contributed by atoms with Gasteiger partial charge in [-0.3, -0.25) is 4.79 Å². The topological polar surface area (TPSA) is 66.5 Å². The molecule has 1 fully saturated rings. The summed E-state index contributed by atoms with van der Waals surface area (Å²) >= 11 is 0. The van der Waals surface area contributed by atoms with Gasteiger partial charge in [0.15, 0.2) is 0 Å². The molecule has 1 aromatic carbocycles. The van der Waals surface area contributed by atoms with E-state index >= 15 is 0 Å². The average molecular weight is 322 g/mol. The fourth-order valence-electron chi connectivity index (χ4n) is 2.60. The van der Waals surface area contributed by atoms with Crippen molar-refractivity contribution in [3.8, 4) is 0 Å². The highest BCUT2D eigenvalue weighted by atomic mass is 32.2. The van der Waals surface area contributed by atoms with Crippen molar-refractivity contribution in [3.63, 3.8) is 0 Å². The number of carbonyl (C=O) groups is 1. The largest absolute Gasteiger partial charge is 0.351 e. The summed E-state index contributed by atoms with van der Waals surface area (Å²) in [5, 5.41) is 2.79. The molecule has 0 spiro atoms. The van der Waals surface area contributed by atoms with Crippen LogP contribution in [0.3, 0.4) is 0 Å². The summed E-state index contributed by atoms with van der Waals surface area (Å²) in [7, 11) is -3.34. The molecule has 22 heavy (non-hydrogen) atoms. The standard InChI is InChI=1S/C16H22N2O3S/c1-22(20,21)18-13-6-5-11-15(18)16(19)17-12-7-10-14-8-3-2-4-9-14/h2-4,7-10,15H,5-6,11-13H2,1H3,(H,17,19)/b10-7+. The van der Waals surface area contributed by atoms with E-state index < -0.39 is 16.1 Å². The first-order valence-electron chi connectivity index (χ1n) is 7.44. The smallest absolute Gasteiger partial charge is 0.238 e. The molecule has 1 amide bonds. The molecule has 1 heterocycles. The molecule has 1 aromatic rings. The van der Waals surface area contributed by atoms with Crippen molar-refractivity contribution in [2.75, 3.05) is 19.3 Å². The SMILES string of the molecule is CS(=O)(=O)N1CCCCC1C(=O)NC/C=C/c1ccccc1. The second kappa shape index (κ2) is 7.56. The average Bonchev–Trinajstić information content (AvgIpc) is 2.51. The quantitative estimate of drug-likeness (QED) is 0.896. The highest BCUT2D eigenvalue weighted by molar-refractivity contribution is 7.88. The van der Waals surface area contributed by atoms with Gasteiger partial charge in [-0.25, -0.2) is 8.42 Å². The fraction of sp³-hybridized carbons (Fsp3) is 0.438. The molecule has 0 aromatic heterocycles.